The molecule has 0 bridgehead atoms. The van der Waals surface area contributed by atoms with Crippen LogP contribution in [0.15, 0.2) is 15.4 Å². The summed E-state index contributed by atoms with van der Waals surface area (Å²) in [6.45, 7) is 10.4. The van der Waals surface area contributed by atoms with Crippen molar-refractivity contribution >= 4 is 16.0 Å². The van der Waals surface area contributed by atoms with E-state index in [-0.39, 0.29) is 23.0 Å². The summed E-state index contributed by atoms with van der Waals surface area (Å²) >= 11 is 0. The fourth-order valence-electron chi connectivity index (χ4n) is 2.34. The summed E-state index contributed by atoms with van der Waals surface area (Å²) in [5.74, 6) is -1.62. The van der Waals surface area contributed by atoms with Crippen molar-refractivity contribution in [1.82, 2.24) is 9.62 Å². The van der Waals surface area contributed by atoms with Gasteiger partial charge in [0.2, 0.25) is 15.8 Å². The number of carbonyl (C=O) groups is 1. The lowest BCUT2D eigenvalue weighted by atomic mass is 10.2. The Morgan fingerprint density at radius 1 is 1.32 bits per heavy atom. The molecule has 0 fully saturated rings. The molecule has 0 aliphatic rings. The molecular formula is C14H24N2O5S. The summed E-state index contributed by atoms with van der Waals surface area (Å²) in [6, 6.07) is 1.64. The Kier molecular flexibility index (Phi) is 6.16. The third-order valence-electron chi connectivity index (χ3n) is 3.36. The standard InChI is InChI=1S/C14H24N2O5S/c1-9(2)16(10(3)4)7-6-15-22(19,20)13-8-12(14(17)18)21-11(13)5/h8-10,15H,6-7H2,1-5H3,(H,17,18). The molecule has 0 saturated carbocycles. The Hall–Kier alpha value is -1.38. The maximum atomic E-state index is 12.2. The molecule has 0 spiro atoms. The van der Waals surface area contributed by atoms with Crippen LogP contribution in [0.3, 0.4) is 0 Å². The van der Waals surface area contributed by atoms with Crippen LogP contribution in [0.4, 0.5) is 0 Å². The molecule has 1 aromatic rings. The number of hydrogen-bond donors (Lipinski definition) is 2. The second-order valence-electron chi connectivity index (χ2n) is 5.66. The van der Waals surface area contributed by atoms with Gasteiger partial charge in [-0.3, -0.25) is 4.90 Å². The molecule has 2 N–H and O–H groups in total. The maximum absolute atomic E-state index is 12.2. The highest BCUT2D eigenvalue weighted by molar-refractivity contribution is 7.89. The topological polar surface area (TPSA) is 99.8 Å². The number of aromatic carboxylic acids is 1. The van der Waals surface area contributed by atoms with Crippen molar-refractivity contribution in [2.75, 3.05) is 13.1 Å². The van der Waals surface area contributed by atoms with Crippen LogP contribution >= 0.6 is 0 Å². The molecule has 7 nitrogen and oxygen atoms in total. The highest BCUT2D eigenvalue weighted by Crippen LogP contribution is 2.19. The van der Waals surface area contributed by atoms with Crippen molar-refractivity contribution in [1.29, 1.82) is 0 Å². The molecular weight excluding hydrogens is 308 g/mol. The highest BCUT2D eigenvalue weighted by Gasteiger charge is 2.24. The fourth-order valence-corrected chi connectivity index (χ4v) is 3.53. The Balaban J connectivity index is 2.78. The van der Waals surface area contributed by atoms with E-state index in [0.717, 1.165) is 6.07 Å². The largest absolute Gasteiger partial charge is 0.475 e. The summed E-state index contributed by atoms with van der Waals surface area (Å²) in [5.41, 5.74) is 0. The normalized spacial score (nSPS) is 12.5. The molecule has 0 unspecified atom stereocenters. The SMILES string of the molecule is Cc1oc(C(=O)O)cc1S(=O)(=O)NCCN(C(C)C)C(C)C. The highest BCUT2D eigenvalue weighted by atomic mass is 32.2. The van der Waals surface area contributed by atoms with E-state index < -0.39 is 16.0 Å². The fraction of sp³-hybridized carbons (Fsp3) is 0.643. The van der Waals surface area contributed by atoms with E-state index in [4.69, 9.17) is 9.52 Å². The summed E-state index contributed by atoms with van der Waals surface area (Å²) < 4.78 is 31.9. The zero-order chi connectivity index (χ0) is 17.1. The van der Waals surface area contributed by atoms with Crippen molar-refractivity contribution in [3.05, 3.63) is 17.6 Å². The van der Waals surface area contributed by atoms with E-state index in [1.54, 1.807) is 0 Å². The Morgan fingerprint density at radius 2 is 1.86 bits per heavy atom. The lowest BCUT2D eigenvalue weighted by Crippen LogP contribution is -2.42. The van der Waals surface area contributed by atoms with Gasteiger partial charge in [-0.15, -0.1) is 0 Å². The molecule has 1 rings (SSSR count). The average molecular weight is 332 g/mol. The van der Waals surface area contributed by atoms with Gasteiger partial charge in [0.1, 0.15) is 10.7 Å². The first-order chi connectivity index (χ1) is 10.1. The second kappa shape index (κ2) is 7.26. The first-order valence-corrected chi connectivity index (χ1v) is 8.63. The maximum Gasteiger partial charge on any atom is 0.371 e. The summed E-state index contributed by atoms with van der Waals surface area (Å²) in [4.78, 5) is 12.9. The predicted molar refractivity (Wildman–Crippen MR) is 82.6 cm³/mol. The van der Waals surface area contributed by atoms with Gasteiger partial charge >= 0.3 is 5.97 Å². The Morgan fingerprint density at radius 3 is 2.27 bits per heavy atom. The molecule has 22 heavy (non-hydrogen) atoms. The number of sulfonamides is 1. The average Bonchev–Trinajstić information content (AvgIpc) is 2.76. The quantitative estimate of drug-likeness (QED) is 0.751. The lowest BCUT2D eigenvalue weighted by Gasteiger charge is -2.30. The van der Waals surface area contributed by atoms with E-state index in [1.165, 1.54) is 6.92 Å². The van der Waals surface area contributed by atoms with Crippen molar-refractivity contribution in [2.24, 2.45) is 0 Å². The van der Waals surface area contributed by atoms with Gasteiger partial charge in [-0.1, -0.05) is 0 Å². The number of aryl methyl sites for hydroxylation is 1. The van der Waals surface area contributed by atoms with Gasteiger partial charge < -0.3 is 9.52 Å². The minimum absolute atomic E-state index is 0.0643. The number of hydrogen-bond acceptors (Lipinski definition) is 5. The van der Waals surface area contributed by atoms with Crippen molar-refractivity contribution in [3.63, 3.8) is 0 Å². The van der Waals surface area contributed by atoms with E-state index in [2.05, 4.69) is 9.62 Å². The zero-order valence-electron chi connectivity index (χ0n) is 13.6. The first-order valence-electron chi connectivity index (χ1n) is 7.15. The molecule has 0 aliphatic heterocycles. The van der Waals surface area contributed by atoms with E-state index >= 15 is 0 Å². The van der Waals surface area contributed by atoms with E-state index in [0.29, 0.717) is 18.6 Å². The number of carboxylic acid groups (broad SMARTS) is 1. The van der Waals surface area contributed by atoms with Crippen LogP contribution < -0.4 is 4.72 Å². The third kappa shape index (κ3) is 4.56. The van der Waals surface area contributed by atoms with Gasteiger partial charge in [-0.2, -0.15) is 0 Å². The molecule has 0 amide bonds. The molecule has 0 aliphatic carbocycles. The number of furan rings is 1. The first kappa shape index (κ1) is 18.7. The Bertz CT molecular complexity index is 611. The van der Waals surface area contributed by atoms with E-state index in [1.807, 2.05) is 27.7 Å². The van der Waals surface area contributed by atoms with Crippen LogP contribution in [0.25, 0.3) is 0 Å². The van der Waals surface area contributed by atoms with Crippen molar-refractivity contribution in [2.45, 2.75) is 51.6 Å². The van der Waals surface area contributed by atoms with Gasteiger partial charge in [0.25, 0.3) is 0 Å². The molecule has 0 saturated heterocycles. The van der Waals surface area contributed by atoms with Gasteiger partial charge in [0, 0.05) is 31.2 Å². The molecule has 1 heterocycles. The van der Waals surface area contributed by atoms with E-state index in [9.17, 15) is 13.2 Å². The third-order valence-corrected chi connectivity index (χ3v) is 4.93. The van der Waals surface area contributed by atoms with Gasteiger partial charge in [-0.05, 0) is 34.6 Å². The zero-order valence-corrected chi connectivity index (χ0v) is 14.4. The minimum Gasteiger partial charge on any atom is -0.475 e. The summed E-state index contributed by atoms with van der Waals surface area (Å²) in [6.07, 6.45) is 0. The molecule has 0 aromatic carbocycles. The Labute approximate surface area is 131 Å². The number of carboxylic acids is 1. The number of nitrogens with zero attached hydrogens (tertiary/aromatic N) is 1. The van der Waals surface area contributed by atoms with Gasteiger partial charge in [0.15, 0.2) is 0 Å². The molecule has 8 heteroatoms. The van der Waals surface area contributed by atoms with Crippen LogP contribution in [-0.4, -0.2) is 49.6 Å². The monoisotopic (exact) mass is 332 g/mol. The lowest BCUT2D eigenvalue weighted by molar-refractivity contribution is 0.0661. The van der Waals surface area contributed by atoms with Crippen LogP contribution in [0.2, 0.25) is 0 Å². The molecule has 0 radical (unpaired) electrons. The number of rotatable bonds is 8. The molecule has 0 atom stereocenters. The minimum atomic E-state index is -3.78. The predicted octanol–water partition coefficient (Wildman–Crippen LogP) is 1.68. The van der Waals surface area contributed by atoms with Gasteiger partial charge in [-0.25, -0.2) is 17.9 Å². The van der Waals surface area contributed by atoms with Crippen LogP contribution in [0, 0.1) is 6.92 Å². The second-order valence-corrected chi connectivity index (χ2v) is 7.39. The smallest absolute Gasteiger partial charge is 0.371 e. The van der Waals surface area contributed by atoms with Crippen LogP contribution in [0.1, 0.15) is 44.0 Å². The molecule has 1 aromatic heterocycles. The summed E-state index contributed by atoms with van der Waals surface area (Å²) in [5, 5.41) is 8.84. The van der Waals surface area contributed by atoms with Crippen molar-refractivity contribution < 1.29 is 22.7 Å². The molecule has 126 valence electrons. The number of nitrogens with one attached hydrogen (secondary N) is 1. The van der Waals surface area contributed by atoms with Gasteiger partial charge in [0.05, 0.1) is 0 Å². The van der Waals surface area contributed by atoms with Crippen LogP contribution in [-0.2, 0) is 10.0 Å². The van der Waals surface area contributed by atoms with Crippen molar-refractivity contribution in [3.8, 4) is 0 Å². The summed E-state index contributed by atoms with van der Waals surface area (Å²) in [7, 11) is -3.78. The van der Waals surface area contributed by atoms with Crippen LogP contribution in [0.5, 0.6) is 0 Å².